The topological polar surface area (TPSA) is 76.2 Å². The Hall–Kier alpha value is -2.36. The van der Waals surface area contributed by atoms with Gasteiger partial charge in [0.25, 0.3) is 0 Å². The number of benzene rings is 1. The maximum Gasteiger partial charge on any atom is 0.356 e. The van der Waals surface area contributed by atoms with Crippen LogP contribution >= 0.6 is 0 Å². The van der Waals surface area contributed by atoms with Gasteiger partial charge in [-0.2, -0.15) is 0 Å². The average molecular weight is 214 g/mol. The second-order valence-electron chi connectivity index (χ2n) is 3.29. The summed E-state index contributed by atoms with van der Waals surface area (Å²) in [5.74, 6) is -1.12. The molecule has 0 atom stereocenters. The van der Waals surface area contributed by atoms with Gasteiger partial charge in [0.1, 0.15) is 0 Å². The molecule has 0 bridgehead atoms. The summed E-state index contributed by atoms with van der Waals surface area (Å²) in [5, 5.41) is 8.89. The smallest absolute Gasteiger partial charge is 0.356 e. The van der Waals surface area contributed by atoms with Crippen molar-refractivity contribution in [2.75, 3.05) is 5.73 Å². The molecule has 0 spiro atoms. The number of carboxylic acid groups (broad SMARTS) is 1. The van der Waals surface area contributed by atoms with E-state index in [4.69, 9.17) is 10.8 Å². The minimum absolute atomic E-state index is 0.110. The van der Waals surface area contributed by atoms with Gasteiger partial charge in [-0.15, -0.1) is 0 Å². The lowest BCUT2D eigenvalue weighted by molar-refractivity contribution is 0.0692. The van der Waals surface area contributed by atoms with Crippen molar-refractivity contribution in [3.8, 4) is 11.1 Å². The van der Waals surface area contributed by atoms with E-state index in [2.05, 4.69) is 4.98 Å². The fraction of sp³-hybridized carbons (Fsp3) is 0. The summed E-state index contributed by atoms with van der Waals surface area (Å²) in [6.07, 6.45) is 1.45. The maximum absolute atomic E-state index is 10.9. The molecule has 4 nitrogen and oxygen atoms in total. The quantitative estimate of drug-likeness (QED) is 0.801. The number of nitrogen functional groups attached to an aromatic ring is 1. The van der Waals surface area contributed by atoms with Gasteiger partial charge in [0.2, 0.25) is 0 Å². The van der Waals surface area contributed by atoms with Crippen molar-refractivity contribution in [3.05, 3.63) is 48.3 Å². The van der Waals surface area contributed by atoms with Crippen LogP contribution in [0.5, 0.6) is 0 Å². The Morgan fingerprint density at radius 2 is 1.88 bits per heavy atom. The lowest BCUT2D eigenvalue weighted by atomic mass is 10.0. The zero-order valence-electron chi connectivity index (χ0n) is 8.42. The van der Waals surface area contributed by atoms with Gasteiger partial charge >= 0.3 is 5.97 Å². The highest BCUT2D eigenvalue weighted by Gasteiger charge is 2.13. The molecule has 16 heavy (non-hydrogen) atoms. The molecule has 0 aliphatic rings. The average Bonchev–Trinajstić information content (AvgIpc) is 2.30. The molecule has 3 N–H and O–H groups in total. The molecule has 1 heterocycles. The number of hydrogen-bond donors (Lipinski definition) is 2. The van der Waals surface area contributed by atoms with Gasteiger partial charge in [-0.25, -0.2) is 9.78 Å². The van der Waals surface area contributed by atoms with Gasteiger partial charge < -0.3 is 10.8 Å². The molecule has 4 heteroatoms. The lowest BCUT2D eigenvalue weighted by Crippen LogP contribution is -2.06. The summed E-state index contributed by atoms with van der Waals surface area (Å²) in [6, 6.07) is 11.1. The minimum Gasteiger partial charge on any atom is -0.476 e. The molecule has 1 aromatic heterocycles. The van der Waals surface area contributed by atoms with E-state index in [1.165, 1.54) is 6.20 Å². The highest BCUT2D eigenvalue weighted by Crippen LogP contribution is 2.26. The fourth-order valence-electron chi connectivity index (χ4n) is 1.51. The molecule has 0 amide bonds. The molecule has 0 unspecified atom stereocenters. The number of aromatic carboxylic acids is 1. The summed E-state index contributed by atoms with van der Waals surface area (Å²) in [7, 11) is 0. The van der Waals surface area contributed by atoms with Crippen LogP contribution in [0.4, 0.5) is 5.69 Å². The van der Waals surface area contributed by atoms with Crippen LogP contribution < -0.4 is 5.73 Å². The summed E-state index contributed by atoms with van der Waals surface area (Å²) in [6.45, 7) is 0. The lowest BCUT2D eigenvalue weighted by Gasteiger charge is -2.07. The predicted molar refractivity (Wildman–Crippen MR) is 61.0 cm³/mol. The summed E-state index contributed by atoms with van der Waals surface area (Å²) in [4.78, 5) is 14.6. The summed E-state index contributed by atoms with van der Waals surface area (Å²) >= 11 is 0. The predicted octanol–water partition coefficient (Wildman–Crippen LogP) is 2.03. The number of aromatic nitrogens is 1. The van der Waals surface area contributed by atoms with Crippen molar-refractivity contribution >= 4 is 11.7 Å². The molecule has 2 rings (SSSR count). The second kappa shape index (κ2) is 4.02. The molecular formula is C12H10N2O2. The molecule has 0 saturated carbocycles. The van der Waals surface area contributed by atoms with Crippen molar-refractivity contribution < 1.29 is 9.90 Å². The van der Waals surface area contributed by atoms with Gasteiger partial charge in [-0.1, -0.05) is 30.3 Å². The van der Waals surface area contributed by atoms with Crippen molar-refractivity contribution in [1.29, 1.82) is 0 Å². The standard InChI is InChI=1S/C12H10N2O2/c13-10-9(8-4-2-1-3-5-8)6-7-14-11(10)12(15)16/h1-7H,13H2,(H,15,16). The molecular weight excluding hydrogens is 204 g/mol. The number of carboxylic acids is 1. The van der Waals surface area contributed by atoms with E-state index >= 15 is 0 Å². The molecule has 1 aromatic carbocycles. The van der Waals surface area contributed by atoms with E-state index in [9.17, 15) is 4.79 Å². The number of nitrogens with zero attached hydrogens (tertiary/aromatic N) is 1. The molecule has 0 saturated heterocycles. The number of carbonyl (C=O) groups is 1. The van der Waals surface area contributed by atoms with Gasteiger partial charge in [-0.05, 0) is 11.6 Å². The van der Waals surface area contributed by atoms with E-state index in [0.29, 0.717) is 5.56 Å². The Balaban J connectivity index is 2.59. The first kappa shape index (κ1) is 10.2. The van der Waals surface area contributed by atoms with Gasteiger partial charge in [-0.3, -0.25) is 0 Å². The Bertz CT molecular complexity index is 524. The first-order chi connectivity index (χ1) is 7.70. The van der Waals surface area contributed by atoms with Crippen molar-refractivity contribution in [1.82, 2.24) is 4.98 Å². The Kier molecular flexibility index (Phi) is 2.55. The highest BCUT2D eigenvalue weighted by atomic mass is 16.4. The molecule has 0 radical (unpaired) electrons. The van der Waals surface area contributed by atoms with E-state index in [0.717, 1.165) is 5.56 Å². The van der Waals surface area contributed by atoms with Crippen molar-refractivity contribution in [2.24, 2.45) is 0 Å². The van der Waals surface area contributed by atoms with Crippen molar-refractivity contribution in [3.63, 3.8) is 0 Å². The Labute approximate surface area is 92.4 Å². The van der Waals surface area contributed by atoms with Crippen LogP contribution in [0.3, 0.4) is 0 Å². The molecule has 0 fully saturated rings. The van der Waals surface area contributed by atoms with Crippen LogP contribution in [0, 0.1) is 0 Å². The van der Waals surface area contributed by atoms with Gasteiger partial charge in [0.15, 0.2) is 5.69 Å². The third-order valence-corrected chi connectivity index (χ3v) is 2.28. The number of nitrogens with two attached hydrogens (primary N) is 1. The Morgan fingerprint density at radius 1 is 1.19 bits per heavy atom. The van der Waals surface area contributed by atoms with Gasteiger partial charge in [0.05, 0.1) is 5.69 Å². The largest absolute Gasteiger partial charge is 0.476 e. The maximum atomic E-state index is 10.9. The molecule has 0 aliphatic carbocycles. The van der Waals surface area contributed by atoms with E-state index in [-0.39, 0.29) is 11.4 Å². The van der Waals surface area contributed by atoms with E-state index in [1.807, 2.05) is 30.3 Å². The molecule has 80 valence electrons. The van der Waals surface area contributed by atoms with Crippen LogP contribution in [-0.4, -0.2) is 16.1 Å². The monoisotopic (exact) mass is 214 g/mol. The van der Waals surface area contributed by atoms with Crippen LogP contribution in [-0.2, 0) is 0 Å². The number of rotatable bonds is 2. The third kappa shape index (κ3) is 1.72. The molecule has 2 aromatic rings. The van der Waals surface area contributed by atoms with Crippen molar-refractivity contribution in [2.45, 2.75) is 0 Å². The first-order valence-electron chi connectivity index (χ1n) is 4.73. The second-order valence-corrected chi connectivity index (χ2v) is 3.29. The SMILES string of the molecule is Nc1c(-c2ccccc2)ccnc1C(=O)O. The number of pyridine rings is 1. The fourth-order valence-corrected chi connectivity index (χ4v) is 1.51. The number of anilines is 1. The Morgan fingerprint density at radius 3 is 2.50 bits per heavy atom. The van der Waals surface area contributed by atoms with Crippen LogP contribution in [0.2, 0.25) is 0 Å². The van der Waals surface area contributed by atoms with Crippen LogP contribution in [0.15, 0.2) is 42.6 Å². The number of hydrogen-bond acceptors (Lipinski definition) is 3. The van der Waals surface area contributed by atoms with Gasteiger partial charge in [0, 0.05) is 11.8 Å². The van der Waals surface area contributed by atoms with Crippen LogP contribution in [0.1, 0.15) is 10.5 Å². The summed E-state index contributed by atoms with van der Waals surface area (Å²) < 4.78 is 0. The zero-order chi connectivity index (χ0) is 11.5. The van der Waals surface area contributed by atoms with Crippen LogP contribution in [0.25, 0.3) is 11.1 Å². The van der Waals surface area contributed by atoms with E-state index < -0.39 is 5.97 Å². The van der Waals surface area contributed by atoms with E-state index in [1.54, 1.807) is 6.07 Å². The third-order valence-electron chi connectivity index (χ3n) is 2.28. The zero-order valence-corrected chi connectivity index (χ0v) is 8.42. The first-order valence-corrected chi connectivity index (χ1v) is 4.73. The summed E-state index contributed by atoms with van der Waals surface area (Å²) in [5.41, 5.74) is 7.43. The minimum atomic E-state index is -1.12. The highest BCUT2D eigenvalue weighted by molar-refractivity contribution is 5.96. The normalized spacial score (nSPS) is 10.0. The molecule has 0 aliphatic heterocycles.